The molecule has 9 aromatic rings. The van der Waals surface area contributed by atoms with Gasteiger partial charge in [-0.3, -0.25) is 4.98 Å². The molecule has 0 aliphatic carbocycles. The van der Waals surface area contributed by atoms with Crippen LogP contribution in [0.5, 0.6) is 0 Å². The Morgan fingerprint density at radius 1 is 0.472 bits per heavy atom. The van der Waals surface area contributed by atoms with E-state index in [1.165, 1.54) is 43.1 Å². The Balaban J connectivity index is 1.14. The minimum absolute atomic E-state index is 0.608. The van der Waals surface area contributed by atoms with Crippen LogP contribution in [-0.2, 0) is 0 Å². The standard InChI is InChI=1S/C50H35N3/c1-33(37-25-26-47-45-17-5-4-15-43(45)44-16-6-7-18-46(44)48(47)30-37)53-50(31-49(51)41-13-8-12-39(29-41)42-14-9-27-52-32-42)36-22-19-35(20-23-36)40-24-21-34-10-2-3-11-38(34)28-40/h2-32H,1,51H2/b49-31-,53-50+. The van der Waals surface area contributed by atoms with Gasteiger partial charge in [-0.2, -0.15) is 0 Å². The van der Waals surface area contributed by atoms with E-state index < -0.39 is 0 Å². The van der Waals surface area contributed by atoms with Crippen molar-refractivity contribution in [1.29, 1.82) is 0 Å². The Hall–Kier alpha value is -7.10. The molecule has 8 aromatic carbocycles. The van der Waals surface area contributed by atoms with Crippen molar-refractivity contribution in [2.45, 2.75) is 0 Å². The highest BCUT2D eigenvalue weighted by atomic mass is 14.8. The molecule has 0 saturated carbocycles. The molecule has 0 unspecified atom stereocenters. The van der Waals surface area contributed by atoms with Crippen LogP contribution in [0.3, 0.4) is 0 Å². The van der Waals surface area contributed by atoms with Crippen LogP contribution in [0.2, 0.25) is 0 Å². The zero-order valence-electron chi connectivity index (χ0n) is 29.1. The molecule has 250 valence electrons. The van der Waals surface area contributed by atoms with E-state index in [1.807, 2.05) is 30.5 Å². The molecule has 0 aliphatic rings. The molecular weight excluding hydrogens is 643 g/mol. The van der Waals surface area contributed by atoms with Crippen molar-refractivity contribution in [3.63, 3.8) is 0 Å². The maximum atomic E-state index is 6.89. The van der Waals surface area contributed by atoms with Gasteiger partial charge in [-0.1, -0.05) is 152 Å². The van der Waals surface area contributed by atoms with Gasteiger partial charge in [-0.05, 0) is 95.7 Å². The monoisotopic (exact) mass is 677 g/mol. The number of nitrogens with two attached hydrogens (primary N) is 1. The van der Waals surface area contributed by atoms with Crippen LogP contribution in [-0.4, -0.2) is 10.7 Å². The summed E-state index contributed by atoms with van der Waals surface area (Å²) in [5.41, 5.74) is 16.1. The fourth-order valence-corrected chi connectivity index (χ4v) is 7.32. The number of rotatable bonds is 7. The van der Waals surface area contributed by atoms with E-state index in [9.17, 15) is 0 Å². The second kappa shape index (κ2) is 13.6. The van der Waals surface area contributed by atoms with E-state index in [0.29, 0.717) is 11.4 Å². The summed E-state index contributed by atoms with van der Waals surface area (Å²) in [5.74, 6) is 0. The van der Waals surface area contributed by atoms with Crippen LogP contribution in [0.1, 0.15) is 16.7 Å². The van der Waals surface area contributed by atoms with Crippen LogP contribution < -0.4 is 5.73 Å². The highest BCUT2D eigenvalue weighted by Gasteiger charge is 2.12. The number of aliphatic imine (C=N–C) groups is 1. The molecule has 0 saturated heterocycles. The first-order valence-corrected chi connectivity index (χ1v) is 17.8. The molecule has 0 fully saturated rings. The van der Waals surface area contributed by atoms with E-state index >= 15 is 0 Å². The van der Waals surface area contributed by atoms with Gasteiger partial charge in [0.05, 0.1) is 11.4 Å². The van der Waals surface area contributed by atoms with E-state index in [-0.39, 0.29) is 0 Å². The Bertz CT molecular complexity index is 2870. The largest absolute Gasteiger partial charge is 0.398 e. The minimum Gasteiger partial charge on any atom is -0.398 e. The Kier molecular flexibility index (Phi) is 8.15. The lowest BCUT2D eigenvalue weighted by atomic mass is 9.93. The van der Waals surface area contributed by atoms with E-state index in [4.69, 9.17) is 10.7 Å². The van der Waals surface area contributed by atoms with E-state index in [1.54, 1.807) is 6.20 Å². The lowest BCUT2D eigenvalue weighted by molar-refractivity contribution is 1.33. The molecule has 3 heteroatoms. The van der Waals surface area contributed by atoms with Gasteiger partial charge in [0.15, 0.2) is 0 Å². The molecule has 0 atom stereocenters. The van der Waals surface area contributed by atoms with E-state index in [0.717, 1.165) is 44.7 Å². The van der Waals surface area contributed by atoms with Crippen molar-refractivity contribution in [2.75, 3.05) is 0 Å². The predicted molar refractivity (Wildman–Crippen MR) is 226 cm³/mol. The molecular formula is C50H35N3. The summed E-state index contributed by atoms with van der Waals surface area (Å²) in [5, 5.41) is 9.76. The topological polar surface area (TPSA) is 51.3 Å². The number of hydrogen-bond donors (Lipinski definition) is 1. The quantitative estimate of drug-likeness (QED) is 0.135. The lowest BCUT2D eigenvalue weighted by Crippen LogP contribution is -2.04. The molecule has 0 amide bonds. The van der Waals surface area contributed by atoms with Crippen LogP contribution in [0.15, 0.2) is 200 Å². The highest BCUT2D eigenvalue weighted by molar-refractivity contribution is 6.25. The van der Waals surface area contributed by atoms with Crippen molar-refractivity contribution in [3.8, 4) is 22.3 Å². The van der Waals surface area contributed by atoms with Crippen LogP contribution in [0.4, 0.5) is 0 Å². The normalized spacial score (nSPS) is 12.2. The summed E-state index contributed by atoms with van der Waals surface area (Å²) in [6, 6.07) is 59.6. The van der Waals surface area contributed by atoms with Crippen LogP contribution >= 0.6 is 0 Å². The van der Waals surface area contributed by atoms with Crippen molar-refractivity contribution >= 4 is 60.2 Å². The average Bonchev–Trinajstić information content (AvgIpc) is 3.23. The number of fused-ring (bicyclic) bond motifs is 7. The second-order valence-corrected chi connectivity index (χ2v) is 13.4. The first-order valence-electron chi connectivity index (χ1n) is 17.8. The van der Waals surface area contributed by atoms with Gasteiger partial charge >= 0.3 is 0 Å². The fourth-order valence-electron chi connectivity index (χ4n) is 7.32. The molecule has 0 aliphatic heterocycles. The molecule has 0 bridgehead atoms. The van der Waals surface area contributed by atoms with E-state index in [2.05, 4.69) is 163 Å². The van der Waals surface area contributed by atoms with Gasteiger partial charge in [0.2, 0.25) is 0 Å². The van der Waals surface area contributed by atoms with Gasteiger partial charge in [0.1, 0.15) is 0 Å². The third kappa shape index (κ3) is 6.15. The summed E-state index contributed by atoms with van der Waals surface area (Å²) in [6.07, 6.45) is 5.60. The van der Waals surface area contributed by atoms with Crippen molar-refractivity contribution in [1.82, 2.24) is 4.98 Å². The zero-order chi connectivity index (χ0) is 35.7. The second-order valence-electron chi connectivity index (χ2n) is 13.4. The predicted octanol–water partition coefficient (Wildman–Crippen LogP) is 12.5. The van der Waals surface area contributed by atoms with Crippen LogP contribution in [0, 0.1) is 0 Å². The SMILES string of the molecule is C=C(/N=C(\C=C(/N)c1cccc(-c2cccnc2)c1)c1ccc(-c2ccc3ccccc3c2)cc1)c1ccc2c3ccccc3c3ccccc3c2c1. The van der Waals surface area contributed by atoms with Gasteiger partial charge in [0, 0.05) is 34.8 Å². The summed E-state index contributed by atoms with van der Waals surface area (Å²) in [7, 11) is 0. The smallest absolute Gasteiger partial charge is 0.0729 e. The number of allylic oxidation sites excluding steroid dienone is 1. The molecule has 0 radical (unpaired) electrons. The molecule has 2 N–H and O–H groups in total. The highest BCUT2D eigenvalue weighted by Crippen LogP contribution is 2.36. The zero-order valence-corrected chi connectivity index (χ0v) is 29.1. The Morgan fingerprint density at radius 3 is 1.79 bits per heavy atom. The van der Waals surface area contributed by atoms with Gasteiger partial charge < -0.3 is 5.73 Å². The average molecular weight is 678 g/mol. The molecule has 3 nitrogen and oxygen atoms in total. The third-order valence-electron chi connectivity index (χ3n) is 10.1. The van der Waals surface area contributed by atoms with Gasteiger partial charge in [-0.15, -0.1) is 0 Å². The minimum atomic E-state index is 0.608. The van der Waals surface area contributed by atoms with Crippen molar-refractivity contribution in [2.24, 2.45) is 10.7 Å². The fraction of sp³-hybridized carbons (Fsp3) is 0. The number of pyridine rings is 1. The number of aromatic nitrogens is 1. The van der Waals surface area contributed by atoms with Gasteiger partial charge in [0.25, 0.3) is 0 Å². The molecule has 1 heterocycles. The summed E-state index contributed by atoms with van der Waals surface area (Å²) >= 11 is 0. The van der Waals surface area contributed by atoms with Crippen LogP contribution in [0.25, 0.3) is 76.7 Å². The maximum Gasteiger partial charge on any atom is 0.0729 e. The Labute approximate surface area is 308 Å². The first kappa shape index (κ1) is 31.9. The summed E-state index contributed by atoms with van der Waals surface area (Å²) in [4.78, 5) is 9.52. The van der Waals surface area contributed by atoms with Gasteiger partial charge in [-0.25, -0.2) is 4.99 Å². The number of hydrogen-bond acceptors (Lipinski definition) is 3. The lowest BCUT2D eigenvalue weighted by Gasteiger charge is -2.13. The van der Waals surface area contributed by atoms with Crippen molar-refractivity contribution in [3.05, 3.63) is 212 Å². The number of nitrogens with zero attached hydrogens (tertiary/aromatic N) is 2. The molecule has 1 aromatic heterocycles. The first-order chi connectivity index (χ1) is 26.1. The summed E-state index contributed by atoms with van der Waals surface area (Å²) < 4.78 is 0. The molecule has 0 spiro atoms. The molecule has 53 heavy (non-hydrogen) atoms. The maximum absolute atomic E-state index is 6.89. The summed E-state index contributed by atoms with van der Waals surface area (Å²) in [6.45, 7) is 4.50. The molecule has 9 rings (SSSR count). The Morgan fingerprint density at radius 2 is 1.08 bits per heavy atom. The van der Waals surface area contributed by atoms with Crippen molar-refractivity contribution < 1.29 is 0 Å². The number of benzene rings is 8. The third-order valence-corrected chi connectivity index (χ3v) is 10.1.